The number of hydrogen-bond donors (Lipinski definition) is 1. The first-order valence-electron chi connectivity index (χ1n) is 8.58. The molecule has 2 amide bonds. The van der Waals surface area contributed by atoms with Crippen LogP contribution in [0.1, 0.15) is 56.0 Å². The van der Waals surface area contributed by atoms with E-state index >= 15 is 0 Å². The molecule has 1 aromatic rings. The van der Waals surface area contributed by atoms with E-state index in [-0.39, 0.29) is 11.9 Å². The molecule has 0 unspecified atom stereocenters. The number of nitrogens with zero attached hydrogens (tertiary/aromatic N) is 2. The summed E-state index contributed by atoms with van der Waals surface area (Å²) in [7, 11) is 0. The summed E-state index contributed by atoms with van der Waals surface area (Å²) in [4.78, 5) is 26.4. The number of piperidine rings is 1. The largest absolute Gasteiger partial charge is 0.444 e. The highest BCUT2D eigenvalue weighted by atomic mass is 16.6. The summed E-state index contributed by atoms with van der Waals surface area (Å²) in [6.07, 6.45) is 2.35. The van der Waals surface area contributed by atoms with E-state index in [2.05, 4.69) is 5.32 Å². The maximum absolute atomic E-state index is 12.8. The van der Waals surface area contributed by atoms with Crippen LogP contribution in [-0.4, -0.2) is 41.6 Å². The predicted molar refractivity (Wildman–Crippen MR) is 94.1 cm³/mol. The number of ether oxygens (including phenoxy) is 1. The van der Waals surface area contributed by atoms with Gasteiger partial charge in [0.1, 0.15) is 5.60 Å². The molecule has 0 aromatic heterocycles. The summed E-state index contributed by atoms with van der Waals surface area (Å²) < 4.78 is 5.25. The Morgan fingerprint density at radius 2 is 1.96 bits per heavy atom. The number of alkyl carbamates (subject to hydrolysis) is 1. The monoisotopic (exact) mass is 343 g/mol. The molecular weight excluding hydrogens is 318 g/mol. The van der Waals surface area contributed by atoms with Crippen LogP contribution in [0.25, 0.3) is 0 Å². The number of rotatable bonds is 3. The van der Waals surface area contributed by atoms with Crippen LogP contribution in [0.5, 0.6) is 0 Å². The van der Waals surface area contributed by atoms with Crippen LogP contribution < -0.4 is 5.32 Å². The number of hydrogen-bond acceptors (Lipinski definition) is 4. The van der Waals surface area contributed by atoms with Gasteiger partial charge in [0.15, 0.2) is 0 Å². The van der Waals surface area contributed by atoms with Crippen LogP contribution in [-0.2, 0) is 4.74 Å². The molecule has 1 aliphatic heterocycles. The lowest BCUT2D eigenvalue weighted by molar-refractivity contribution is 0.0462. The molecular formula is C19H25N3O3. The van der Waals surface area contributed by atoms with Gasteiger partial charge in [0.2, 0.25) is 0 Å². The van der Waals surface area contributed by atoms with Crippen molar-refractivity contribution in [3.63, 3.8) is 0 Å². The van der Waals surface area contributed by atoms with Crippen molar-refractivity contribution in [2.45, 2.75) is 51.7 Å². The van der Waals surface area contributed by atoms with E-state index in [1.165, 1.54) is 0 Å². The van der Waals surface area contributed by atoms with Crippen LogP contribution in [0.4, 0.5) is 4.79 Å². The van der Waals surface area contributed by atoms with Crippen molar-refractivity contribution in [2.75, 3.05) is 13.1 Å². The first kappa shape index (κ1) is 18.8. The van der Waals surface area contributed by atoms with Gasteiger partial charge in [0.05, 0.1) is 11.6 Å². The molecule has 6 nitrogen and oxygen atoms in total. The highest BCUT2D eigenvalue weighted by Crippen LogP contribution is 2.20. The van der Waals surface area contributed by atoms with Gasteiger partial charge in [-0.3, -0.25) is 4.79 Å². The average Bonchev–Trinajstić information content (AvgIpc) is 2.58. The van der Waals surface area contributed by atoms with Crippen molar-refractivity contribution >= 4 is 12.0 Å². The summed E-state index contributed by atoms with van der Waals surface area (Å²) in [5.41, 5.74) is 0.538. The van der Waals surface area contributed by atoms with Crippen molar-refractivity contribution in [3.05, 3.63) is 35.4 Å². The van der Waals surface area contributed by atoms with Gasteiger partial charge < -0.3 is 15.0 Å². The molecule has 1 saturated heterocycles. The number of likely N-dealkylation sites (tertiary alicyclic amines) is 1. The third kappa shape index (κ3) is 5.49. The fourth-order valence-electron chi connectivity index (χ4n) is 2.85. The van der Waals surface area contributed by atoms with Crippen molar-refractivity contribution in [2.24, 2.45) is 0 Å². The van der Waals surface area contributed by atoms with Gasteiger partial charge in [0.25, 0.3) is 5.91 Å². The second kappa shape index (κ2) is 8.02. The number of carbonyl (C=O) groups excluding carboxylic acids is 2. The fraction of sp³-hybridized carbons (Fsp3) is 0.526. The SMILES string of the molecule is CC(C)(C)OC(=O)NC[C@H]1CCCCN1C(=O)c1ccc(C#N)cc1. The van der Waals surface area contributed by atoms with Gasteiger partial charge in [-0.25, -0.2) is 4.79 Å². The molecule has 134 valence electrons. The van der Waals surface area contributed by atoms with E-state index < -0.39 is 11.7 Å². The minimum Gasteiger partial charge on any atom is -0.444 e. The summed E-state index contributed by atoms with van der Waals surface area (Å²) in [6.45, 7) is 6.48. The van der Waals surface area contributed by atoms with Crippen LogP contribution in [0.2, 0.25) is 0 Å². The molecule has 6 heteroatoms. The molecule has 1 atom stereocenters. The summed E-state index contributed by atoms with van der Waals surface area (Å²) in [5.74, 6) is -0.0693. The first-order valence-corrected chi connectivity index (χ1v) is 8.58. The lowest BCUT2D eigenvalue weighted by atomic mass is 10.0. The second-order valence-electron chi connectivity index (χ2n) is 7.22. The number of amides is 2. The van der Waals surface area contributed by atoms with E-state index in [9.17, 15) is 9.59 Å². The summed E-state index contributed by atoms with van der Waals surface area (Å²) >= 11 is 0. The molecule has 1 aromatic carbocycles. The van der Waals surface area contributed by atoms with Crippen molar-refractivity contribution in [1.82, 2.24) is 10.2 Å². The van der Waals surface area contributed by atoms with E-state index in [0.717, 1.165) is 19.3 Å². The normalized spacial score (nSPS) is 17.5. The van der Waals surface area contributed by atoms with E-state index in [0.29, 0.717) is 24.2 Å². The Morgan fingerprint density at radius 1 is 1.28 bits per heavy atom. The zero-order valence-corrected chi connectivity index (χ0v) is 15.0. The maximum Gasteiger partial charge on any atom is 0.407 e. The Hall–Kier alpha value is -2.55. The Balaban J connectivity index is 2.00. The predicted octanol–water partition coefficient (Wildman–Crippen LogP) is 3.08. The smallest absolute Gasteiger partial charge is 0.407 e. The topological polar surface area (TPSA) is 82.4 Å². The molecule has 0 saturated carbocycles. The van der Waals surface area contributed by atoms with Crippen molar-refractivity contribution in [1.29, 1.82) is 5.26 Å². The van der Waals surface area contributed by atoms with E-state index in [4.69, 9.17) is 10.00 Å². The van der Waals surface area contributed by atoms with Gasteiger partial charge in [0, 0.05) is 24.7 Å². The quantitative estimate of drug-likeness (QED) is 0.914. The van der Waals surface area contributed by atoms with Gasteiger partial charge in [-0.05, 0) is 64.3 Å². The van der Waals surface area contributed by atoms with Crippen molar-refractivity contribution < 1.29 is 14.3 Å². The second-order valence-corrected chi connectivity index (χ2v) is 7.22. The van der Waals surface area contributed by atoms with Crippen LogP contribution in [0.15, 0.2) is 24.3 Å². The zero-order chi connectivity index (χ0) is 18.4. The molecule has 0 bridgehead atoms. The molecule has 0 spiro atoms. The standard InChI is InChI=1S/C19H25N3O3/c1-19(2,3)25-18(24)21-13-16-6-4-5-11-22(16)17(23)15-9-7-14(12-20)8-10-15/h7-10,16H,4-6,11,13H2,1-3H3,(H,21,24)/t16-/m1/s1. The van der Waals surface area contributed by atoms with Gasteiger partial charge in [-0.2, -0.15) is 5.26 Å². The minimum atomic E-state index is -0.547. The van der Waals surface area contributed by atoms with Gasteiger partial charge >= 0.3 is 6.09 Å². The lowest BCUT2D eigenvalue weighted by Crippen LogP contribution is -2.50. The molecule has 1 heterocycles. The average molecular weight is 343 g/mol. The van der Waals surface area contributed by atoms with Gasteiger partial charge in [-0.15, -0.1) is 0 Å². The maximum atomic E-state index is 12.8. The third-order valence-corrected chi connectivity index (χ3v) is 4.03. The summed E-state index contributed by atoms with van der Waals surface area (Å²) in [5, 5.41) is 11.6. The Labute approximate surface area is 148 Å². The molecule has 1 aliphatic rings. The Kier molecular flexibility index (Phi) is 6.02. The number of nitriles is 1. The molecule has 2 rings (SSSR count). The highest BCUT2D eigenvalue weighted by Gasteiger charge is 2.28. The minimum absolute atomic E-state index is 0.0515. The fourth-order valence-corrected chi connectivity index (χ4v) is 2.85. The highest BCUT2D eigenvalue weighted by molar-refractivity contribution is 5.94. The molecule has 1 fully saturated rings. The lowest BCUT2D eigenvalue weighted by Gasteiger charge is -2.36. The summed E-state index contributed by atoms with van der Waals surface area (Å²) in [6, 6.07) is 8.63. The van der Waals surface area contributed by atoms with E-state index in [1.54, 1.807) is 24.3 Å². The number of carbonyl (C=O) groups is 2. The van der Waals surface area contributed by atoms with Crippen LogP contribution in [0, 0.1) is 11.3 Å². The number of benzene rings is 1. The molecule has 0 radical (unpaired) electrons. The van der Waals surface area contributed by atoms with Crippen LogP contribution in [0.3, 0.4) is 0 Å². The number of nitrogens with one attached hydrogen (secondary N) is 1. The molecule has 0 aliphatic carbocycles. The molecule has 1 N–H and O–H groups in total. The first-order chi connectivity index (χ1) is 11.8. The Morgan fingerprint density at radius 3 is 2.56 bits per heavy atom. The van der Waals surface area contributed by atoms with Crippen molar-refractivity contribution in [3.8, 4) is 6.07 Å². The van der Waals surface area contributed by atoms with Crippen LogP contribution >= 0.6 is 0 Å². The zero-order valence-electron chi connectivity index (χ0n) is 15.0. The van der Waals surface area contributed by atoms with Gasteiger partial charge in [-0.1, -0.05) is 0 Å². The third-order valence-electron chi connectivity index (χ3n) is 4.03. The Bertz CT molecular complexity index is 656. The molecule has 25 heavy (non-hydrogen) atoms. The van der Waals surface area contributed by atoms with E-state index in [1.807, 2.05) is 31.7 Å².